The van der Waals surface area contributed by atoms with Crippen LogP contribution < -0.4 is 15.7 Å². The number of halogens is 3. The number of hydrogen-bond acceptors (Lipinski definition) is 4. The van der Waals surface area contributed by atoms with Crippen LogP contribution in [0.2, 0.25) is 0 Å². The minimum atomic E-state index is -4.61. The minimum absolute atomic E-state index is 0.0745. The number of ether oxygens (including phenoxy) is 1. The Morgan fingerprint density at radius 2 is 2.00 bits per heavy atom. The van der Waals surface area contributed by atoms with Gasteiger partial charge in [0.25, 0.3) is 0 Å². The average Bonchev–Trinajstić information content (AvgIpc) is 3.05. The molecule has 0 spiro atoms. The SMILES string of the molecule is CC(C)COc1nc(C(F)(F)F)ccc1/C=C/C(=O)Nc1cccc2[nH]c(=O)[nH]c12. The second kappa shape index (κ2) is 8.44. The van der Waals surface area contributed by atoms with Crippen LogP contribution in [0.5, 0.6) is 5.88 Å². The molecule has 3 aromatic rings. The molecule has 0 saturated carbocycles. The highest BCUT2D eigenvalue weighted by Gasteiger charge is 2.33. The Kier molecular flexibility index (Phi) is 5.95. The van der Waals surface area contributed by atoms with Gasteiger partial charge in [-0.05, 0) is 36.3 Å². The first kappa shape index (κ1) is 21.2. The molecule has 3 rings (SSSR count). The fraction of sp³-hybridized carbons (Fsp3) is 0.250. The number of aromatic nitrogens is 3. The van der Waals surface area contributed by atoms with Gasteiger partial charge in [0.15, 0.2) is 0 Å². The fourth-order valence-corrected chi connectivity index (χ4v) is 2.60. The first-order valence-electron chi connectivity index (χ1n) is 9.04. The molecule has 0 atom stereocenters. The number of hydrogen-bond donors (Lipinski definition) is 3. The van der Waals surface area contributed by atoms with Crippen molar-refractivity contribution in [1.29, 1.82) is 0 Å². The van der Waals surface area contributed by atoms with Gasteiger partial charge in [0.2, 0.25) is 11.8 Å². The normalized spacial score (nSPS) is 12.1. The Bertz CT molecular complexity index is 1150. The van der Waals surface area contributed by atoms with Gasteiger partial charge in [-0.15, -0.1) is 0 Å². The van der Waals surface area contributed by atoms with Crippen molar-refractivity contribution in [3.63, 3.8) is 0 Å². The van der Waals surface area contributed by atoms with Crippen LogP contribution in [0.25, 0.3) is 17.1 Å². The molecule has 0 aliphatic heterocycles. The highest BCUT2D eigenvalue weighted by atomic mass is 19.4. The lowest BCUT2D eigenvalue weighted by Gasteiger charge is -2.13. The topological polar surface area (TPSA) is 99.9 Å². The van der Waals surface area contributed by atoms with Crippen LogP contribution in [-0.2, 0) is 11.0 Å². The van der Waals surface area contributed by atoms with Gasteiger partial charge in [-0.2, -0.15) is 13.2 Å². The van der Waals surface area contributed by atoms with Crippen molar-refractivity contribution in [1.82, 2.24) is 15.0 Å². The summed E-state index contributed by atoms with van der Waals surface area (Å²) in [5, 5.41) is 2.62. The fourth-order valence-electron chi connectivity index (χ4n) is 2.60. The Morgan fingerprint density at radius 1 is 1.23 bits per heavy atom. The van der Waals surface area contributed by atoms with Crippen molar-refractivity contribution < 1.29 is 22.7 Å². The summed E-state index contributed by atoms with van der Waals surface area (Å²) in [6.45, 7) is 3.87. The number of para-hydroxylation sites is 1. The Balaban J connectivity index is 1.82. The number of fused-ring (bicyclic) bond motifs is 1. The molecule has 158 valence electrons. The quantitative estimate of drug-likeness (QED) is 0.526. The molecule has 1 aromatic carbocycles. The van der Waals surface area contributed by atoms with Gasteiger partial charge in [0.05, 0.1) is 23.3 Å². The number of aromatic amines is 2. The van der Waals surface area contributed by atoms with Crippen molar-refractivity contribution in [3.05, 3.63) is 58.1 Å². The predicted molar refractivity (Wildman–Crippen MR) is 106 cm³/mol. The number of nitrogens with one attached hydrogen (secondary N) is 3. The standard InChI is InChI=1S/C20H19F3N4O3/c1-11(2)10-30-18-12(6-8-15(26-18)20(21,22)23)7-9-16(28)24-13-4-3-5-14-17(13)27-19(29)25-14/h3-9,11H,10H2,1-2H3,(H,24,28)(H2,25,27,29)/b9-7+. The van der Waals surface area contributed by atoms with Crippen LogP contribution in [0.3, 0.4) is 0 Å². The number of imidazole rings is 1. The first-order valence-corrected chi connectivity index (χ1v) is 9.04. The summed E-state index contributed by atoms with van der Waals surface area (Å²) in [6.07, 6.45) is -2.14. The molecule has 3 N–H and O–H groups in total. The van der Waals surface area contributed by atoms with E-state index >= 15 is 0 Å². The Morgan fingerprint density at radius 3 is 2.70 bits per heavy atom. The number of H-pyrrole nitrogens is 2. The third-order valence-corrected chi connectivity index (χ3v) is 3.96. The van der Waals surface area contributed by atoms with Gasteiger partial charge >= 0.3 is 11.9 Å². The summed E-state index contributed by atoms with van der Waals surface area (Å²) in [6, 6.07) is 6.95. The van der Waals surface area contributed by atoms with E-state index in [1.807, 2.05) is 13.8 Å². The summed E-state index contributed by atoms with van der Waals surface area (Å²) >= 11 is 0. The van der Waals surface area contributed by atoms with Crippen LogP contribution in [0.15, 0.2) is 41.2 Å². The van der Waals surface area contributed by atoms with Crippen LogP contribution in [-0.4, -0.2) is 27.5 Å². The van der Waals surface area contributed by atoms with E-state index in [1.165, 1.54) is 12.1 Å². The van der Waals surface area contributed by atoms with E-state index in [9.17, 15) is 22.8 Å². The average molecular weight is 420 g/mol. The summed E-state index contributed by atoms with van der Waals surface area (Å²) in [7, 11) is 0. The minimum Gasteiger partial charge on any atom is -0.477 e. The highest BCUT2D eigenvalue weighted by molar-refractivity contribution is 6.06. The maximum absolute atomic E-state index is 13.0. The number of alkyl halides is 3. The lowest BCUT2D eigenvalue weighted by molar-refractivity contribution is -0.141. The van der Waals surface area contributed by atoms with Crippen molar-refractivity contribution >= 4 is 28.7 Å². The molecule has 7 nitrogen and oxygen atoms in total. The van der Waals surface area contributed by atoms with E-state index in [0.717, 1.165) is 12.1 Å². The molecular weight excluding hydrogens is 401 g/mol. The zero-order chi connectivity index (χ0) is 21.9. The van der Waals surface area contributed by atoms with Gasteiger partial charge < -0.3 is 20.0 Å². The van der Waals surface area contributed by atoms with Crippen molar-refractivity contribution in [3.8, 4) is 5.88 Å². The monoisotopic (exact) mass is 420 g/mol. The lowest BCUT2D eigenvalue weighted by atomic mass is 10.2. The summed E-state index contributed by atoms with van der Waals surface area (Å²) in [4.78, 5) is 32.4. The third-order valence-electron chi connectivity index (χ3n) is 3.96. The summed E-state index contributed by atoms with van der Waals surface area (Å²) in [5.41, 5.74) is 0.0739. The molecule has 10 heteroatoms. The number of anilines is 1. The van der Waals surface area contributed by atoms with E-state index in [0.29, 0.717) is 16.7 Å². The molecule has 30 heavy (non-hydrogen) atoms. The van der Waals surface area contributed by atoms with E-state index in [-0.39, 0.29) is 24.0 Å². The molecule has 0 aliphatic carbocycles. The van der Waals surface area contributed by atoms with E-state index in [4.69, 9.17) is 4.74 Å². The maximum atomic E-state index is 13.0. The van der Waals surface area contributed by atoms with Crippen LogP contribution in [0.1, 0.15) is 25.1 Å². The van der Waals surface area contributed by atoms with Crippen molar-refractivity contribution in [2.24, 2.45) is 5.92 Å². The van der Waals surface area contributed by atoms with Gasteiger partial charge in [0, 0.05) is 11.6 Å². The van der Waals surface area contributed by atoms with E-state index in [1.54, 1.807) is 18.2 Å². The van der Waals surface area contributed by atoms with Crippen molar-refractivity contribution in [2.75, 3.05) is 11.9 Å². The van der Waals surface area contributed by atoms with Gasteiger partial charge in [-0.25, -0.2) is 9.78 Å². The van der Waals surface area contributed by atoms with Crippen LogP contribution in [0, 0.1) is 5.92 Å². The highest BCUT2D eigenvalue weighted by Crippen LogP contribution is 2.31. The van der Waals surface area contributed by atoms with E-state index in [2.05, 4.69) is 20.3 Å². The molecule has 0 saturated heterocycles. The number of pyridine rings is 1. The Labute approximate surface area is 169 Å². The predicted octanol–water partition coefficient (Wildman–Crippen LogP) is 3.96. The van der Waals surface area contributed by atoms with Crippen LogP contribution >= 0.6 is 0 Å². The second-order valence-corrected chi connectivity index (χ2v) is 6.92. The lowest BCUT2D eigenvalue weighted by Crippen LogP contribution is -2.12. The van der Waals surface area contributed by atoms with Gasteiger partial charge in [-0.3, -0.25) is 4.79 Å². The van der Waals surface area contributed by atoms with Crippen molar-refractivity contribution in [2.45, 2.75) is 20.0 Å². The third kappa shape index (κ3) is 5.07. The molecule has 0 bridgehead atoms. The number of carbonyl (C=O) groups is 1. The summed E-state index contributed by atoms with van der Waals surface area (Å²) in [5.74, 6) is -0.677. The number of carbonyl (C=O) groups excluding carboxylic acids is 1. The molecule has 0 fully saturated rings. The van der Waals surface area contributed by atoms with Crippen LogP contribution in [0.4, 0.5) is 18.9 Å². The molecule has 1 amide bonds. The Hall–Kier alpha value is -3.56. The number of benzene rings is 1. The number of nitrogens with zero attached hydrogens (tertiary/aromatic N) is 1. The zero-order valence-corrected chi connectivity index (χ0v) is 16.1. The maximum Gasteiger partial charge on any atom is 0.433 e. The smallest absolute Gasteiger partial charge is 0.433 e. The van der Waals surface area contributed by atoms with Gasteiger partial charge in [-0.1, -0.05) is 19.9 Å². The molecule has 0 radical (unpaired) electrons. The molecule has 2 aromatic heterocycles. The first-order chi connectivity index (χ1) is 14.1. The second-order valence-electron chi connectivity index (χ2n) is 6.92. The molecule has 0 unspecified atom stereocenters. The largest absolute Gasteiger partial charge is 0.477 e. The number of amides is 1. The number of rotatable bonds is 6. The van der Waals surface area contributed by atoms with E-state index < -0.39 is 23.5 Å². The molecule has 0 aliphatic rings. The molecular formula is C20H19F3N4O3. The summed E-state index contributed by atoms with van der Waals surface area (Å²) < 4.78 is 44.3. The van der Waals surface area contributed by atoms with Gasteiger partial charge in [0.1, 0.15) is 5.69 Å². The molecule has 2 heterocycles. The zero-order valence-electron chi connectivity index (χ0n) is 16.1.